The summed E-state index contributed by atoms with van der Waals surface area (Å²) in [5, 5.41) is 14.7. The molecule has 0 radical (unpaired) electrons. The van der Waals surface area contributed by atoms with Crippen LogP contribution in [0.2, 0.25) is 0 Å². The second-order valence-electron chi connectivity index (χ2n) is 5.45. The number of aliphatic carboxylic acids is 1. The Bertz CT molecular complexity index is 464. The minimum absolute atomic E-state index is 0.290. The Kier molecular flexibility index (Phi) is 4.26. The number of nitrogens with one attached hydrogen (secondary N) is 3. The molecule has 0 spiro atoms. The van der Waals surface area contributed by atoms with Gasteiger partial charge >= 0.3 is 12.0 Å². The Morgan fingerprint density at radius 2 is 2.20 bits per heavy atom. The average Bonchev–Trinajstić information content (AvgIpc) is 2.92. The maximum Gasteiger partial charge on any atom is 0.329 e. The summed E-state index contributed by atoms with van der Waals surface area (Å²) in [7, 11) is 0. The quantitative estimate of drug-likeness (QED) is 0.665. The van der Waals surface area contributed by atoms with Crippen molar-refractivity contribution in [1.82, 2.24) is 20.6 Å². The molecule has 20 heavy (non-hydrogen) atoms. The summed E-state index contributed by atoms with van der Waals surface area (Å²) in [6, 6.07) is -0.462. The Hall–Kier alpha value is -2.05. The zero-order valence-corrected chi connectivity index (χ0v) is 11.5. The molecule has 0 bridgehead atoms. The van der Waals surface area contributed by atoms with E-state index in [-0.39, 0.29) is 6.54 Å². The van der Waals surface area contributed by atoms with E-state index < -0.39 is 17.5 Å². The first-order chi connectivity index (χ1) is 9.52. The average molecular weight is 280 g/mol. The number of aromatic amines is 1. The van der Waals surface area contributed by atoms with E-state index in [1.807, 2.05) is 0 Å². The molecule has 4 N–H and O–H groups in total. The first kappa shape index (κ1) is 14.4. The topological polar surface area (TPSA) is 107 Å². The molecule has 0 aromatic carbocycles. The van der Waals surface area contributed by atoms with E-state index in [0.29, 0.717) is 18.8 Å². The van der Waals surface area contributed by atoms with Crippen LogP contribution in [-0.4, -0.2) is 32.6 Å². The molecule has 2 rings (SSSR count). The lowest BCUT2D eigenvalue weighted by Gasteiger charge is -2.36. The van der Waals surface area contributed by atoms with E-state index in [9.17, 15) is 14.7 Å². The van der Waals surface area contributed by atoms with Crippen LogP contribution in [0, 0.1) is 5.92 Å². The minimum atomic E-state index is -1.13. The number of carboxylic acid groups (broad SMARTS) is 1. The first-order valence-electron chi connectivity index (χ1n) is 6.78. The molecule has 1 heterocycles. The minimum Gasteiger partial charge on any atom is -0.480 e. The predicted octanol–water partition coefficient (Wildman–Crippen LogP) is 1.24. The summed E-state index contributed by atoms with van der Waals surface area (Å²) in [6.45, 7) is 2.39. The van der Waals surface area contributed by atoms with Gasteiger partial charge in [0.25, 0.3) is 0 Å². The van der Waals surface area contributed by atoms with E-state index in [1.165, 1.54) is 6.33 Å². The van der Waals surface area contributed by atoms with Gasteiger partial charge in [-0.2, -0.15) is 0 Å². The van der Waals surface area contributed by atoms with E-state index in [1.54, 1.807) is 6.20 Å². The number of aromatic nitrogens is 2. The van der Waals surface area contributed by atoms with Crippen LogP contribution in [0.4, 0.5) is 4.79 Å². The van der Waals surface area contributed by atoms with E-state index in [2.05, 4.69) is 27.5 Å². The molecule has 0 unspecified atom stereocenters. The molecule has 1 fully saturated rings. The van der Waals surface area contributed by atoms with Crippen LogP contribution in [0.15, 0.2) is 12.5 Å². The first-order valence-corrected chi connectivity index (χ1v) is 6.78. The number of hydrogen-bond donors (Lipinski definition) is 4. The number of imidazole rings is 1. The van der Waals surface area contributed by atoms with Gasteiger partial charge in [-0.15, -0.1) is 0 Å². The molecule has 1 aromatic heterocycles. The molecular weight excluding hydrogens is 260 g/mol. The summed E-state index contributed by atoms with van der Waals surface area (Å²) in [4.78, 5) is 30.1. The lowest BCUT2D eigenvalue weighted by molar-refractivity contribution is -0.146. The lowest BCUT2D eigenvalue weighted by Crippen LogP contribution is -2.58. The molecule has 7 heteroatoms. The van der Waals surface area contributed by atoms with Gasteiger partial charge in [-0.1, -0.05) is 6.92 Å². The third kappa shape index (κ3) is 3.28. The molecule has 1 saturated carbocycles. The van der Waals surface area contributed by atoms with Crippen LogP contribution in [0.1, 0.15) is 38.3 Å². The maximum atomic E-state index is 11.9. The van der Waals surface area contributed by atoms with Crippen molar-refractivity contribution in [2.24, 2.45) is 5.92 Å². The van der Waals surface area contributed by atoms with Crippen molar-refractivity contribution in [1.29, 1.82) is 0 Å². The Morgan fingerprint density at radius 3 is 2.75 bits per heavy atom. The Balaban J connectivity index is 1.91. The van der Waals surface area contributed by atoms with Gasteiger partial charge in [-0.05, 0) is 31.6 Å². The van der Waals surface area contributed by atoms with Gasteiger partial charge < -0.3 is 20.7 Å². The third-order valence-corrected chi connectivity index (χ3v) is 3.88. The van der Waals surface area contributed by atoms with Crippen molar-refractivity contribution in [2.45, 2.75) is 44.7 Å². The fourth-order valence-electron chi connectivity index (χ4n) is 2.47. The van der Waals surface area contributed by atoms with Gasteiger partial charge in [0.1, 0.15) is 5.54 Å². The van der Waals surface area contributed by atoms with Crippen LogP contribution in [0.25, 0.3) is 0 Å². The fraction of sp³-hybridized carbons (Fsp3) is 0.615. The molecule has 2 amide bonds. The van der Waals surface area contributed by atoms with Crippen LogP contribution >= 0.6 is 0 Å². The van der Waals surface area contributed by atoms with E-state index >= 15 is 0 Å². The zero-order chi connectivity index (χ0) is 14.6. The smallest absolute Gasteiger partial charge is 0.329 e. The Morgan fingerprint density at radius 1 is 1.50 bits per heavy atom. The molecule has 7 nitrogen and oxygen atoms in total. The second kappa shape index (κ2) is 5.94. The predicted molar refractivity (Wildman–Crippen MR) is 72.0 cm³/mol. The van der Waals surface area contributed by atoms with Gasteiger partial charge in [-0.25, -0.2) is 14.6 Å². The van der Waals surface area contributed by atoms with Crippen molar-refractivity contribution in [2.75, 3.05) is 0 Å². The van der Waals surface area contributed by atoms with Gasteiger partial charge in [0, 0.05) is 6.20 Å². The highest BCUT2D eigenvalue weighted by Crippen LogP contribution is 2.32. The van der Waals surface area contributed by atoms with Crippen molar-refractivity contribution < 1.29 is 14.7 Å². The van der Waals surface area contributed by atoms with Crippen molar-refractivity contribution >= 4 is 12.0 Å². The van der Waals surface area contributed by atoms with Gasteiger partial charge in [0.05, 0.1) is 18.6 Å². The molecular formula is C13H20N4O3. The van der Waals surface area contributed by atoms with Crippen molar-refractivity contribution in [3.63, 3.8) is 0 Å². The highest BCUT2D eigenvalue weighted by Gasteiger charge is 2.42. The SMILES string of the molecule is CC1CCC(NC(=O)NCc2cnc[nH]2)(C(=O)O)CC1. The molecule has 0 aliphatic heterocycles. The molecule has 1 aromatic rings. The van der Waals surface area contributed by atoms with Crippen molar-refractivity contribution in [3.8, 4) is 0 Å². The summed E-state index contributed by atoms with van der Waals surface area (Å²) in [6.07, 6.45) is 5.70. The number of H-pyrrole nitrogens is 1. The lowest BCUT2D eigenvalue weighted by atomic mass is 9.77. The van der Waals surface area contributed by atoms with Gasteiger partial charge in [0.2, 0.25) is 0 Å². The van der Waals surface area contributed by atoms with Crippen molar-refractivity contribution in [3.05, 3.63) is 18.2 Å². The summed E-state index contributed by atoms with van der Waals surface area (Å²) < 4.78 is 0. The third-order valence-electron chi connectivity index (χ3n) is 3.88. The second-order valence-corrected chi connectivity index (χ2v) is 5.45. The standard InChI is InChI=1S/C13H20N4O3/c1-9-2-4-13(5-3-9,11(18)19)17-12(20)15-7-10-6-14-8-16-10/h6,8-9H,2-5,7H2,1H3,(H,14,16)(H,18,19)(H2,15,17,20). The van der Waals surface area contributed by atoms with Crippen LogP contribution in [-0.2, 0) is 11.3 Å². The largest absolute Gasteiger partial charge is 0.480 e. The Labute approximate surface area is 117 Å². The molecule has 0 saturated heterocycles. The number of carbonyl (C=O) groups excluding carboxylic acids is 1. The molecule has 0 atom stereocenters. The number of hydrogen-bond acceptors (Lipinski definition) is 3. The number of rotatable bonds is 4. The zero-order valence-electron chi connectivity index (χ0n) is 11.5. The summed E-state index contributed by atoms with van der Waals surface area (Å²) in [5.74, 6) is -0.446. The monoisotopic (exact) mass is 280 g/mol. The van der Waals surface area contributed by atoms with E-state index in [0.717, 1.165) is 18.5 Å². The van der Waals surface area contributed by atoms with E-state index in [4.69, 9.17) is 0 Å². The van der Waals surface area contributed by atoms with Gasteiger partial charge in [-0.3, -0.25) is 0 Å². The fourth-order valence-corrected chi connectivity index (χ4v) is 2.47. The number of nitrogens with zero attached hydrogens (tertiary/aromatic N) is 1. The summed E-state index contributed by atoms with van der Waals surface area (Å²) >= 11 is 0. The molecule has 1 aliphatic rings. The van der Waals surface area contributed by atoms with Gasteiger partial charge in [0.15, 0.2) is 0 Å². The molecule has 110 valence electrons. The number of urea groups is 1. The number of carbonyl (C=O) groups is 2. The number of carboxylic acids is 1. The normalized spacial score (nSPS) is 25.9. The summed E-state index contributed by atoms with van der Waals surface area (Å²) in [5.41, 5.74) is -0.369. The van der Waals surface area contributed by atoms with Crippen LogP contribution < -0.4 is 10.6 Å². The van der Waals surface area contributed by atoms with Crippen LogP contribution in [0.3, 0.4) is 0 Å². The molecule has 1 aliphatic carbocycles. The highest BCUT2D eigenvalue weighted by atomic mass is 16.4. The number of amides is 2. The highest BCUT2D eigenvalue weighted by molar-refractivity contribution is 5.86. The van der Waals surface area contributed by atoms with Crippen LogP contribution in [0.5, 0.6) is 0 Å². The maximum absolute atomic E-state index is 11.9.